The van der Waals surface area contributed by atoms with Gasteiger partial charge in [-0.1, -0.05) is 13.3 Å². The summed E-state index contributed by atoms with van der Waals surface area (Å²) in [5, 5.41) is 3.28. The van der Waals surface area contributed by atoms with E-state index in [0.717, 1.165) is 13.0 Å². The van der Waals surface area contributed by atoms with Crippen molar-refractivity contribution in [2.24, 2.45) is 0 Å². The van der Waals surface area contributed by atoms with E-state index in [1.807, 2.05) is 0 Å². The molecule has 0 radical (unpaired) electrons. The predicted octanol–water partition coefficient (Wildman–Crippen LogP) is -0.428. The topological polar surface area (TPSA) is 70.2 Å². The maximum atomic E-state index is 11.2. The number of nitrogens with one attached hydrogen (secondary N) is 3. The number of rotatable bonds is 5. The predicted molar refractivity (Wildman–Crippen MR) is 56.2 cm³/mol. The molecule has 1 aliphatic heterocycles. The summed E-state index contributed by atoms with van der Waals surface area (Å²) in [6.45, 7) is 3.66. The summed E-state index contributed by atoms with van der Waals surface area (Å²) in [7, 11) is -3.27. The van der Waals surface area contributed by atoms with E-state index in [1.54, 1.807) is 6.92 Å². The molecule has 1 saturated heterocycles. The Morgan fingerprint density at radius 2 is 2.14 bits per heavy atom. The molecule has 84 valence electrons. The quantitative estimate of drug-likeness (QED) is 0.590. The third-order valence-corrected chi connectivity index (χ3v) is 3.48. The van der Waals surface area contributed by atoms with Gasteiger partial charge in [0.1, 0.15) is 0 Å². The van der Waals surface area contributed by atoms with Crippen LogP contribution in [0.5, 0.6) is 0 Å². The molecule has 0 bridgehead atoms. The number of piperidine rings is 1. The van der Waals surface area contributed by atoms with Gasteiger partial charge in [0, 0.05) is 19.1 Å². The van der Waals surface area contributed by atoms with Crippen LogP contribution in [-0.2, 0) is 10.2 Å². The maximum absolute atomic E-state index is 11.2. The molecule has 5 nitrogen and oxygen atoms in total. The molecule has 0 aliphatic carbocycles. The normalized spacial score (nSPS) is 23.6. The Hall–Kier alpha value is -0.170. The van der Waals surface area contributed by atoms with Crippen LogP contribution in [-0.4, -0.2) is 34.1 Å². The fraction of sp³-hybridized carbons (Fsp3) is 1.00. The molecule has 1 fully saturated rings. The van der Waals surface area contributed by atoms with Crippen LogP contribution in [0.3, 0.4) is 0 Å². The fourth-order valence-corrected chi connectivity index (χ4v) is 2.45. The SMILES string of the molecule is CCNS(=O)(=O)NCC1CCCCN1. The third-order valence-electron chi connectivity index (χ3n) is 2.27. The smallest absolute Gasteiger partial charge is 0.276 e. The Balaban J connectivity index is 2.24. The zero-order valence-corrected chi connectivity index (χ0v) is 9.36. The van der Waals surface area contributed by atoms with Gasteiger partial charge in [0.15, 0.2) is 0 Å². The first-order valence-corrected chi connectivity index (χ1v) is 6.60. The second kappa shape index (κ2) is 5.65. The summed E-state index contributed by atoms with van der Waals surface area (Å²) >= 11 is 0. The summed E-state index contributed by atoms with van der Waals surface area (Å²) in [6.07, 6.45) is 3.42. The summed E-state index contributed by atoms with van der Waals surface area (Å²) in [6, 6.07) is 0.289. The minimum absolute atomic E-state index is 0.289. The molecule has 0 saturated carbocycles. The van der Waals surface area contributed by atoms with E-state index in [1.165, 1.54) is 12.8 Å². The van der Waals surface area contributed by atoms with E-state index in [4.69, 9.17) is 0 Å². The van der Waals surface area contributed by atoms with Crippen LogP contribution in [0.4, 0.5) is 0 Å². The van der Waals surface area contributed by atoms with Crippen molar-refractivity contribution in [1.82, 2.24) is 14.8 Å². The molecule has 1 unspecified atom stereocenters. The second-order valence-electron chi connectivity index (χ2n) is 3.50. The lowest BCUT2D eigenvalue weighted by Gasteiger charge is -2.23. The zero-order chi connectivity index (χ0) is 10.4. The van der Waals surface area contributed by atoms with Crippen molar-refractivity contribution in [3.05, 3.63) is 0 Å². The van der Waals surface area contributed by atoms with E-state index in [9.17, 15) is 8.42 Å². The van der Waals surface area contributed by atoms with Crippen molar-refractivity contribution >= 4 is 10.2 Å². The van der Waals surface area contributed by atoms with Gasteiger partial charge in [-0.15, -0.1) is 0 Å². The zero-order valence-electron chi connectivity index (χ0n) is 8.54. The molecule has 0 aromatic heterocycles. The van der Waals surface area contributed by atoms with Crippen LogP contribution in [0.1, 0.15) is 26.2 Å². The van der Waals surface area contributed by atoms with Gasteiger partial charge in [0.2, 0.25) is 0 Å². The van der Waals surface area contributed by atoms with Gasteiger partial charge < -0.3 is 5.32 Å². The van der Waals surface area contributed by atoms with Crippen LogP contribution >= 0.6 is 0 Å². The molecule has 0 aromatic carbocycles. The summed E-state index contributed by atoms with van der Waals surface area (Å²) in [4.78, 5) is 0. The molecule has 14 heavy (non-hydrogen) atoms. The average Bonchev–Trinajstić information content (AvgIpc) is 2.17. The highest BCUT2D eigenvalue weighted by Crippen LogP contribution is 2.05. The van der Waals surface area contributed by atoms with Crippen molar-refractivity contribution in [3.8, 4) is 0 Å². The first-order chi connectivity index (χ1) is 6.64. The molecule has 0 spiro atoms. The van der Waals surface area contributed by atoms with Crippen LogP contribution in [0, 0.1) is 0 Å². The minimum Gasteiger partial charge on any atom is -0.313 e. The molecule has 0 aromatic rings. The first-order valence-electron chi connectivity index (χ1n) is 5.11. The molecule has 3 N–H and O–H groups in total. The van der Waals surface area contributed by atoms with E-state index in [-0.39, 0.29) is 6.04 Å². The van der Waals surface area contributed by atoms with E-state index in [2.05, 4.69) is 14.8 Å². The fourth-order valence-electron chi connectivity index (χ4n) is 1.55. The van der Waals surface area contributed by atoms with Crippen molar-refractivity contribution < 1.29 is 8.42 Å². The van der Waals surface area contributed by atoms with Gasteiger partial charge in [-0.2, -0.15) is 8.42 Å². The lowest BCUT2D eigenvalue weighted by molar-refractivity contribution is 0.397. The Morgan fingerprint density at radius 3 is 2.71 bits per heavy atom. The molecule has 0 amide bonds. The molecule has 6 heteroatoms. The minimum atomic E-state index is -3.27. The van der Waals surface area contributed by atoms with E-state index >= 15 is 0 Å². The molecule has 1 heterocycles. The van der Waals surface area contributed by atoms with Gasteiger partial charge in [0.05, 0.1) is 0 Å². The first kappa shape index (κ1) is 11.9. The van der Waals surface area contributed by atoms with Crippen LogP contribution in [0.2, 0.25) is 0 Å². The molecule has 1 rings (SSSR count). The lowest BCUT2D eigenvalue weighted by atomic mass is 10.1. The van der Waals surface area contributed by atoms with E-state index in [0.29, 0.717) is 13.1 Å². The third kappa shape index (κ3) is 4.36. The van der Waals surface area contributed by atoms with Gasteiger partial charge in [-0.05, 0) is 19.4 Å². The van der Waals surface area contributed by atoms with Crippen molar-refractivity contribution in [1.29, 1.82) is 0 Å². The van der Waals surface area contributed by atoms with Crippen molar-refractivity contribution in [3.63, 3.8) is 0 Å². The van der Waals surface area contributed by atoms with Crippen LogP contribution in [0.25, 0.3) is 0 Å². The summed E-state index contributed by atoms with van der Waals surface area (Å²) < 4.78 is 27.4. The second-order valence-corrected chi connectivity index (χ2v) is 5.08. The van der Waals surface area contributed by atoms with Crippen molar-refractivity contribution in [2.45, 2.75) is 32.2 Å². The van der Waals surface area contributed by atoms with Gasteiger partial charge in [-0.3, -0.25) is 0 Å². The molecular formula is C8H19N3O2S. The van der Waals surface area contributed by atoms with Gasteiger partial charge >= 0.3 is 0 Å². The Morgan fingerprint density at radius 1 is 1.36 bits per heavy atom. The Labute approximate surface area is 85.8 Å². The molecular weight excluding hydrogens is 202 g/mol. The molecule has 1 atom stereocenters. The van der Waals surface area contributed by atoms with Gasteiger partial charge in [0.25, 0.3) is 10.2 Å². The maximum Gasteiger partial charge on any atom is 0.276 e. The van der Waals surface area contributed by atoms with E-state index < -0.39 is 10.2 Å². The Kier molecular flexibility index (Phi) is 4.80. The lowest BCUT2D eigenvalue weighted by Crippen LogP contribution is -2.46. The highest BCUT2D eigenvalue weighted by atomic mass is 32.2. The van der Waals surface area contributed by atoms with Crippen LogP contribution in [0.15, 0.2) is 0 Å². The number of hydrogen-bond donors (Lipinski definition) is 3. The Bertz CT molecular complexity index is 247. The highest BCUT2D eigenvalue weighted by molar-refractivity contribution is 7.87. The number of hydrogen-bond acceptors (Lipinski definition) is 3. The average molecular weight is 221 g/mol. The summed E-state index contributed by atoms with van der Waals surface area (Å²) in [5.41, 5.74) is 0. The summed E-state index contributed by atoms with van der Waals surface area (Å²) in [5.74, 6) is 0. The highest BCUT2D eigenvalue weighted by Gasteiger charge is 2.15. The van der Waals surface area contributed by atoms with Crippen LogP contribution < -0.4 is 14.8 Å². The standard InChI is InChI=1S/C8H19N3O2S/c1-2-10-14(12,13)11-7-8-5-3-4-6-9-8/h8-11H,2-7H2,1H3. The monoisotopic (exact) mass is 221 g/mol. The largest absolute Gasteiger partial charge is 0.313 e. The van der Waals surface area contributed by atoms with Crippen molar-refractivity contribution in [2.75, 3.05) is 19.6 Å². The molecule has 1 aliphatic rings. The van der Waals surface area contributed by atoms with Gasteiger partial charge in [-0.25, -0.2) is 9.44 Å².